The number of carbonyl (C=O) groups is 1. The molecule has 0 heterocycles. The predicted octanol–water partition coefficient (Wildman–Crippen LogP) is 0.132. The molecule has 0 unspecified atom stereocenters. The number of nitrogens with zero attached hydrogens (tertiary/aromatic N) is 2. The maximum absolute atomic E-state index is 11.9. The fourth-order valence-corrected chi connectivity index (χ4v) is 1.46. The third-order valence-corrected chi connectivity index (χ3v) is 2.56. The fourth-order valence-electron chi connectivity index (χ4n) is 1.46. The average Bonchev–Trinajstić information content (AvgIpc) is 2.19. The van der Waals surface area contributed by atoms with Gasteiger partial charge in [-0.05, 0) is 12.8 Å². The number of amides is 1. The van der Waals surface area contributed by atoms with Crippen LogP contribution in [0.3, 0.4) is 0 Å². The van der Waals surface area contributed by atoms with E-state index in [1.54, 1.807) is 14.1 Å². The van der Waals surface area contributed by atoms with Crippen LogP contribution in [0.25, 0.3) is 0 Å². The Kier molecular flexibility index (Phi) is 5.07. The quantitative estimate of drug-likeness (QED) is 0.264. The maximum Gasteiger partial charge on any atom is 0.248 e. The van der Waals surface area contributed by atoms with Gasteiger partial charge in [-0.2, -0.15) is 0 Å². The highest BCUT2D eigenvalue weighted by Crippen LogP contribution is 2.26. The maximum atomic E-state index is 11.9. The molecule has 0 radical (unpaired) electrons. The minimum atomic E-state index is -0.932. The summed E-state index contributed by atoms with van der Waals surface area (Å²) in [6.07, 6.45) is 0.970. The number of carbonyl (C=O) groups excluding carboxylic acids is 1. The van der Waals surface area contributed by atoms with E-state index < -0.39 is 5.41 Å². The van der Waals surface area contributed by atoms with Crippen LogP contribution in [0.1, 0.15) is 26.7 Å². The van der Waals surface area contributed by atoms with E-state index in [1.807, 2.05) is 13.8 Å². The molecule has 1 amide bonds. The van der Waals surface area contributed by atoms with Crippen molar-refractivity contribution in [1.82, 2.24) is 10.4 Å². The number of nitrogens with one attached hydrogen (secondary N) is 1. The molecule has 0 aliphatic carbocycles. The van der Waals surface area contributed by atoms with E-state index in [2.05, 4.69) is 10.6 Å². The first-order chi connectivity index (χ1) is 6.94. The Morgan fingerprint density at radius 1 is 1.47 bits per heavy atom. The van der Waals surface area contributed by atoms with Gasteiger partial charge in [-0.3, -0.25) is 10.2 Å². The van der Waals surface area contributed by atoms with Gasteiger partial charge in [-0.25, -0.2) is 5.01 Å². The minimum absolute atomic E-state index is 0.0492. The van der Waals surface area contributed by atoms with Crippen molar-refractivity contribution in [2.75, 3.05) is 14.1 Å². The lowest BCUT2D eigenvalue weighted by Crippen LogP contribution is -2.52. The molecule has 0 aliphatic rings. The van der Waals surface area contributed by atoms with E-state index in [0.717, 1.165) is 0 Å². The summed E-state index contributed by atoms with van der Waals surface area (Å²) in [6, 6.07) is 0. The predicted molar refractivity (Wildman–Crippen MR) is 58.3 cm³/mol. The molecule has 0 fully saturated rings. The zero-order valence-corrected chi connectivity index (χ0v) is 9.74. The Morgan fingerprint density at radius 3 is 2.20 bits per heavy atom. The van der Waals surface area contributed by atoms with Crippen LogP contribution in [-0.2, 0) is 4.79 Å². The van der Waals surface area contributed by atoms with E-state index in [0.29, 0.717) is 12.8 Å². The van der Waals surface area contributed by atoms with E-state index in [4.69, 9.17) is 10.9 Å². The number of hydrogen-bond acceptors (Lipinski definition) is 4. The standard InChI is InChI=1S/C9H20N4O2/c1-5-9(6-2,7(10)12-15)8(14)11-13(3)4/h15H,5-6H2,1-4H3,(H2,10,12)(H,11,14). The monoisotopic (exact) mass is 216 g/mol. The summed E-state index contributed by atoms with van der Waals surface area (Å²) in [4.78, 5) is 11.9. The topological polar surface area (TPSA) is 91.0 Å². The van der Waals surface area contributed by atoms with Crippen LogP contribution in [-0.4, -0.2) is 36.1 Å². The second-order valence-corrected chi connectivity index (χ2v) is 3.61. The van der Waals surface area contributed by atoms with Crippen molar-refractivity contribution < 1.29 is 10.0 Å². The van der Waals surface area contributed by atoms with Gasteiger partial charge in [-0.1, -0.05) is 19.0 Å². The van der Waals surface area contributed by atoms with E-state index in [1.165, 1.54) is 5.01 Å². The highest BCUT2D eigenvalue weighted by Gasteiger charge is 2.40. The van der Waals surface area contributed by atoms with Crippen LogP contribution in [0.2, 0.25) is 0 Å². The van der Waals surface area contributed by atoms with Crippen molar-refractivity contribution in [3.05, 3.63) is 0 Å². The SMILES string of the molecule is CCC(CC)(C(=O)NN(C)C)C(N)=NO. The lowest BCUT2D eigenvalue weighted by atomic mass is 9.80. The molecule has 0 aromatic carbocycles. The zero-order chi connectivity index (χ0) is 12.1. The van der Waals surface area contributed by atoms with Crippen LogP contribution >= 0.6 is 0 Å². The van der Waals surface area contributed by atoms with E-state index in [9.17, 15) is 4.79 Å². The van der Waals surface area contributed by atoms with Gasteiger partial charge in [0.25, 0.3) is 0 Å². The van der Waals surface area contributed by atoms with Crippen LogP contribution in [0, 0.1) is 5.41 Å². The Bertz CT molecular complexity index is 246. The first-order valence-electron chi connectivity index (χ1n) is 4.91. The molecule has 0 atom stereocenters. The summed E-state index contributed by atoms with van der Waals surface area (Å²) < 4.78 is 0. The van der Waals surface area contributed by atoms with Crippen molar-refractivity contribution in [1.29, 1.82) is 0 Å². The Morgan fingerprint density at radius 2 is 1.93 bits per heavy atom. The molecule has 15 heavy (non-hydrogen) atoms. The van der Waals surface area contributed by atoms with Crippen molar-refractivity contribution in [3.63, 3.8) is 0 Å². The smallest absolute Gasteiger partial charge is 0.248 e. The molecule has 0 spiro atoms. The summed E-state index contributed by atoms with van der Waals surface area (Å²) >= 11 is 0. The molecule has 0 aromatic heterocycles. The van der Waals surface area contributed by atoms with Gasteiger partial charge in [-0.15, -0.1) is 0 Å². The summed E-state index contributed by atoms with van der Waals surface area (Å²) in [5.74, 6) is -0.306. The number of oxime groups is 1. The summed E-state index contributed by atoms with van der Waals surface area (Å²) in [5, 5.41) is 13.2. The fraction of sp³-hybridized carbons (Fsp3) is 0.778. The lowest BCUT2D eigenvalue weighted by molar-refractivity contribution is -0.132. The van der Waals surface area contributed by atoms with Crippen molar-refractivity contribution in [2.45, 2.75) is 26.7 Å². The average molecular weight is 216 g/mol. The van der Waals surface area contributed by atoms with Crippen molar-refractivity contribution in [3.8, 4) is 0 Å². The third kappa shape index (κ3) is 2.82. The third-order valence-electron chi connectivity index (χ3n) is 2.56. The molecule has 0 saturated carbocycles. The number of hydrogen-bond donors (Lipinski definition) is 3. The summed E-state index contributed by atoms with van der Waals surface area (Å²) in [6.45, 7) is 3.66. The molecular formula is C9H20N4O2. The first kappa shape index (κ1) is 13.7. The van der Waals surface area contributed by atoms with Gasteiger partial charge < -0.3 is 10.9 Å². The molecule has 0 aliphatic heterocycles. The molecule has 0 aromatic rings. The zero-order valence-electron chi connectivity index (χ0n) is 9.74. The lowest BCUT2D eigenvalue weighted by Gasteiger charge is -2.29. The van der Waals surface area contributed by atoms with Gasteiger partial charge in [0, 0.05) is 14.1 Å². The molecule has 0 rings (SSSR count). The van der Waals surface area contributed by atoms with Gasteiger partial charge in [0.05, 0.1) is 0 Å². The normalized spacial score (nSPS) is 13.0. The van der Waals surface area contributed by atoms with Crippen LogP contribution in [0.5, 0.6) is 0 Å². The second-order valence-electron chi connectivity index (χ2n) is 3.61. The summed E-state index contributed by atoms with van der Waals surface area (Å²) in [5.41, 5.74) is 7.26. The van der Waals surface area contributed by atoms with Gasteiger partial charge >= 0.3 is 0 Å². The van der Waals surface area contributed by atoms with E-state index in [-0.39, 0.29) is 11.7 Å². The van der Waals surface area contributed by atoms with E-state index >= 15 is 0 Å². The molecule has 4 N–H and O–H groups in total. The number of hydrazine groups is 1. The summed E-state index contributed by atoms with van der Waals surface area (Å²) in [7, 11) is 3.42. The van der Waals surface area contributed by atoms with Crippen LogP contribution in [0.4, 0.5) is 0 Å². The van der Waals surface area contributed by atoms with Crippen LogP contribution in [0.15, 0.2) is 5.16 Å². The number of amidine groups is 1. The molecule has 0 bridgehead atoms. The van der Waals surface area contributed by atoms with Gasteiger partial charge in [0.2, 0.25) is 5.91 Å². The first-order valence-corrected chi connectivity index (χ1v) is 4.91. The molecular weight excluding hydrogens is 196 g/mol. The molecule has 88 valence electrons. The Balaban J connectivity index is 5.02. The molecule has 6 nitrogen and oxygen atoms in total. The molecule has 6 heteroatoms. The van der Waals surface area contributed by atoms with Gasteiger partial charge in [0.1, 0.15) is 5.41 Å². The number of rotatable bonds is 5. The highest BCUT2D eigenvalue weighted by atomic mass is 16.4. The van der Waals surface area contributed by atoms with Gasteiger partial charge in [0.15, 0.2) is 5.84 Å². The largest absolute Gasteiger partial charge is 0.409 e. The van der Waals surface area contributed by atoms with Crippen molar-refractivity contribution in [2.24, 2.45) is 16.3 Å². The number of nitrogens with two attached hydrogens (primary N) is 1. The van der Waals surface area contributed by atoms with Crippen molar-refractivity contribution >= 4 is 11.7 Å². The van der Waals surface area contributed by atoms with Crippen LogP contribution < -0.4 is 11.2 Å². The minimum Gasteiger partial charge on any atom is -0.409 e. The Labute approximate surface area is 90.1 Å². The molecule has 0 saturated heterocycles. The highest BCUT2D eigenvalue weighted by molar-refractivity contribution is 6.06. The second kappa shape index (κ2) is 5.55. The Hall–Kier alpha value is -1.30.